The lowest BCUT2D eigenvalue weighted by Crippen LogP contribution is -1.72. The predicted octanol–water partition coefficient (Wildman–Crippen LogP) is 0.877. The summed E-state index contributed by atoms with van der Waals surface area (Å²) in [6.45, 7) is 1.66. The van der Waals surface area contributed by atoms with Crippen LogP contribution in [0.3, 0.4) is 0 Å². The van der Waals surface area contributed by atoms with Gasteiger partial charge in [0.1, 0.15) is 0 Å². The van der Waals surface area contributed by atoms with Crippen LogP contribution in [0.5, 0.6) is 0 Å². The van der Waals surface area contributed by atoms with Gasteiger partial charge in [-0.15, -0.1) is 0 Å². The summed E-state index contributed by atoms with van der Waals surface area (Å²) in [6, 6.07) is 0. The van der Waals surface area contributed by atoms with E-state index >= 15 is 0 Å². The van der Waals surface area contributed by atoms with Crippen molar-refractivity contribution in [3.63, 3.8) is 0 Å². The Labute approximate surface area is 33.1 Å². The van der Waals surface area contributed by atoms with Gasteiger partial charge in [0.15, 0.2) is 0 Å². The maximum absolute atomic E-state index is 9.25. The standard InChI is InChI=1S/CH3BO2P/c1-2-4-5-3/h1H3. The van der Waals surface area contributed by atoms with E-state index in [-0.39, 0.29) is 8.69 Å². The molecule has 0 aliphatic rings. The third-order valence-electron chi connectivity index (χ3n) is 0.148. The normalized spacial score (nSPS) is 8.20. The molecule has 0 atom stereocenters. The lowest BCUT2D eigenvalue weighted by Gasteiger charge is -1.69. The molecule has 0 aromatic carbocycles. The van der Waals surface area contributed by atoms with Crippen LogP contribution in [-0.4, -0.2) is 7.48 Å². The van der Waals surface area contributed by atoms with Gasteiger partial charge in [0.25, 0.3) is 0 Å². The molecule has 0 rings (SSSR count). The van der Waals surface area contributed by atoms with Gasteiger partial charge in [-0.3, -0.25) is 0 Å². The zero-order chi connectivity index (χ0) is 4.12. The monoisotopic (exact) mass is 89.0 g/mol. The van der Waals surface area contributed by atoms with Gasteiger partial charge in [-0.2, -0.15) is 0 Å². The topological polar surface area (TPSA) is 26.3 Å². The van der Waals surface area contributed by atoms with Gasteiger partial charge in [0, 0.05) is 0 Å². The Hall–Kier alpha value is 0.125. The molecule has 4 heteroatoms. The van der Waals surface area contributed by atoms with Crippen molar-refractivity contribution in [2.24, 2.45) is 0 Å². The van der Waals surface area contributed by atoms with Gasteiger partial charge in [0.05, 0.1) is 0 Å². The zero-order valence-electron chi connectivity index (χ0n) is 2.84. The third-order valence-corrected chi connectivity index (χ3v) is 0.445. The van der Waals surface area contributed by atoms with E-state index in [4.69, 9.17) is 0 Å². The van der Waals surface area contributed by atoms with Crippen LogP contribution < -0.4 is 0 Å². The van der Waals surface area contributed by atoms with Gasteiger partial charge in [-0.05, 0) is 0 Å². The second kappa shape index (κ2) is 4.12. The van der Waals surface area contributed by atoms with Crippen LogP contribution in [0, 0.1) is 0 Å². The van der Waals surface area contributed by atoms with Crippen molar-refractivity contribution in [2.75, 3.05) is 0 Å². The minimum atomic E-state index is -0.276. The Balaban J connectivity index is 2.40. The molecule has 0 fully saturated rings. The first-order valence-electron chi connectivity index (χ1n) is 1.18. The van der Waals surface area contributed by atoms with E-state index < -0.39 is 0 Å². The molecule has 5 heavy (non-hydrogen) atoms. The van der Waals surface area contributed by atoms with E-state index in [0.29, 0.717) is 0 Å². The quantitative estimate of drug-likeness (QED) is 0.370. The largest absolute Gasteiger partial charge is 0.363 e. The molecule has 0 bridgehead atoms. The molecule has 0 saturated carbocycles. The van der Waals surface area contributed by atoms with Gasteiger partial charge in [-0.1, -0.05) is 6.82 Å². The lowest BCUT2D eigenvalue weighted by molar-refractivity contribution is 0.540. The maximum atomic E-state index is 9.25. The minimum Gasteiger partial charge on any atom is -0.363 e. The van der Waals surface area contributed by atoms with Crippen LogP contribution in [0.1, 0.15) is 0 Å². The van der Waals surface area contributed by atoms with Crippen LogP contribution in [-0.2, 0) is 9.01 Å². The molecule has 0 heterocycles. The summed E-state index contributed by atoms with van der Waals surface area (Å²) < 4.78 is 13.4. The second-order valence-electron chi connectivity index (χ2n) is 0.416. The summed E-state index contributed by atoms with van der Waals surface area (Å²) in [5.74, 6) is 0. The molecule has 0 amide bonds. The highest BCUT2D eigenvalue weighted by molar-refractivity contribution is 7.19. The summed E-state index contributed by atoms with van der Waals surface area (Å²) in [5, 5.41) is 0. The Morgan fingerprint density at radius 2 is 2.60 bits per heavy atom. The summed E-state index contributed by atoms with van der Waals surface area (Å²) in [6.07, 6.45) is 0. The van der Waals surface area contributed by atoms with E-state index in [1.54, 1.807) is 6.82 Å². The van der Waals surface area contributed by atoms with Crippen molar-refractivity contribution in [3.8, 4) is 0 Å². The van der Waals surface area contributed by atoms with E-state index in [1.807, 2.05) is 0 Å². The molecule has 0 aromatic rings. The van der Waals surface area contributed by atoms with E-state index in [0.717, 1.165) is 0 Å². The molecule has 0 N–H and O–H groups in total. The molecule has 1 radical (unpaired) electrons. The maximum Gasteiger partial charge on any atom is 0.310 e. The van der Waals surface area contributed by atoms with Crippen LogP contribution in [0.4, 0.5) is 0 Å². The van der Waals surface area contributed by atoms with Crippen molar-refractivity contribution in [3.05, 3.63) is 0 Å². The average Bonchev–Trinajstić information content (AvgIpc) is 1.41. The fourth-order valence-corrected chi connectivity index (χ4v) is 0.129. The summed E-state index contributed by atoms with van der Waals surface area (Å²) in [7, 11) is 1.08. The molecule has 0 spiro atoms. The van der Waals surface area contributed by atoms with Crippen LogP contribution >= 0.6 is 8.69 Å². The van der Waals surface area contributed by atoms with Crippen molar-refractivity contribution in [1.29, 1.82) is 0 Å². The first-order chi connectivity index (χ1) is 2.41. The molecule has 0 aliphatic heterocycles. The van der Waals surface area contributed by atoms with Crippen molar-refractivity contribution < 1.29 is 9.01 Å². The number of rotatable bonds is 2. The highest BCUT2D eigenvalue weighted by Crippen LogP contribution is 1.87. The highest BCUT2D eigenvalue weighted by Gasteiger charge is 1.71. The summed E-state index contributed by atoms with van der Waals surface area (Å²) in [5.41, 5.74) is 0. The predicted molar refractivity (Wildman–Crippen MR) is 20.3 cm³/mol. The summed E-state index contributed by atoms with van der Waals surface area (Å²) in [4.78, 5) is 0. The van der Waals surface area contributed by atoms with Gasteiger partial charge < -0.3 is 4.44 Å². The highest BCUT2D eigenvalue weighted by atomic mass is 31.1. The van der Waals surface area contributed by atoms with Crippen molar-refractivity contribution >= 4 is 16.2 Å². The smallest absolute Gasteiger partial charge is 0.310 e. The van der Waals surface area contributed by atoms with E-state index in [9.17, 15) is 4.57 Å². The first-order valence-corrected chi connectivity index (χ1v) is 1.91. The SMILES string of the molecule is C[B]OP=O. The van der Waals surface area contributed by atoms with Crippen molar-refractivity contribution in [1.82, 2.24) is 0 Å². The Kier molecular flexibility index (Phi) is 4.23. The molecule has 0 unspecified atom stereocenters. The molecule has 0 aromatic heterocycles. The van der Waals surface area contributed by atoms with Crippen LogP contribution in [0.15, 0.2) is 0 Å². The van der Waals surface area contributed by atoms with E-state index in [2.05, 4.69) is 4.44 Å². The minimum absolute atomic E-state index is 0.276. The Morgan fingerprint density at radius 3 is 2.60 bits per heavy atom. The summed E-state index contributed by atoms with van der Waals surface area (Å²) >= 11 is 0. The number of hydrogen-bond donors (Lipinski definition) is 0. The zero-order valence-corrected chi connectivity index (χ0v) is 3.74. The van der Waals surface area contributed by atoms with Crippen LogP contribution in [0.2, 0.25) is 6.82 Å². The fraction of sp³-hybridized carbons (Fsp3) is 1.00. The average molecular weight is 88.8 g/mol. The van der Waals surface area contributed by atoms with Crippen molar-refractivity contribution in [2.45, 2.75) is 6.82 Å². The fourth-order valence-electron chi connectivity index (χ4n) is 0.0430. The third kappa shape index (κ3) is 4.12. The number of hydrogen-bond acceptors (Lipinski definition) is 2. The van der Waals surface area contributed by atoms with E-state index in [1.165, 1.54) is 7.48 Å². The molecule has 27 valence electrons. The second-order valence-corrected chi connectivity index (χ2v) is 0.776. The Bertz CT molecular complexity index is 30.8. The Morgan fingerprint density at radius 1 is 2.00 bits per heavy atom. The molecule has 2 nitrogen and oxygen atoms in total. The van der Waals surface area contributed by atoms with Crippen LogP contribution in [0.25, 0.3) is 0 Å². The lowest BCUT2D eigenvalue weighted by atomic mass is 10.1. The molecule has 0 aliphatic carbocycles. The first kappa shape index (κ1) is 5.12. The molecular formula is CH3BO2P. The molecular weight excluding hydrogens is 85.8 g/mol. The van der Waals surface area contributed by atoms with Gasteiger partial charge in [0.2, 0.25) is 0 Å². The van der Waals surface area contributed by atoms with Gasteiger partial charge >= 0.3 is 16.2 Å². The molecule has 0 saturated heterocycles. The van der Waals surface area contributed by atoms with Gasteiger partial charge in [-0.25, -0.2) is 4.57 Å².